The van der Waals surface area contributed by atoms with Crippen molar-refractivity contribution in [3.8, 4) is 0 Å². The lowest BCUT2D eigenvalue weighted by molar-refractivity contribution is 0.456. The number of hydrogen-bond donors (Lipinski definition) is 3. The second kappa shape index (κ2) is 3.62. The fraction of sp³-hybridized carbons (Fsp3) is 0.917. The Labute approximate surface area is 97.0 Å². The summed E-state index contributed by atoms with van der Waals surface area (Å²) in [6, 6.07) is 0.939. The molecule has 4 atom stereocenters. The molecule has 4 nitrogen and oxygen atoms in total. The molecule has 3 fully saturated rings. The Kier molecular flexibility index (Phi) is 2.35. The van der Waals surface area contributed by atoms with Crippen LogP contribution in [0.4, 0.5) is 0 Å². The number of hydrazine groups is 1. The molecule has 0 aliphatic heterocycles. The molecule has 2 bridgehead atoms. The number of fused-ring (bicyclic) bond motifs is 5. The van der Waals surface area contributed by atoms with Crippen LogP contribution in [0.3, 0.4) is 0 Å². The van der Waals surface area contributed by atoms with E-state index < -0.39 is 0 Å². The van der Waals surface area contributed by atoms with Gasteiger partial charge in [0, 0.05) is 6.04 Å². The van der Waals surface area contributed by atoms with E-state index in [0.29, 0.717) is 12.1 Å². The van der Waals surface area contributed by atoms with Crippen molar-refractivity contribution in [1.29, 1.82) is 0 Å². The second-order valence-corrected chi connectivity index (χ2v) is 5.90. The molecule has 0 aromatic rings. The van der Waals surface area contributed by atoms with Crippen molar-refractivity contribution >= 4 is 5.96 Å². The number of nitrogens with two attached hydrogens (primary N) is 1. The van der Waals surface area contributed by atoms with Crippen molar-refractivity contribution < 1.29 is 0 Å². The van der Waals surface area contributed by atoms with Gasteiger partial charge in [-0.15, -0.1) is 0 Å². The molecule has 16 heavy (non-hydrogen) atoms. The highest BCUT2D eigenvalue weighted by Gasteiger charge is 2.65. The Hall–Kier alpha value is -0.770. The summed E-state index contributed by atoms with van der Waals surface area (Å²) in [5, 5.41) is 3.25. The molecule has 0 aromatic carbocycles. The van der Waals surface area contributed by atoms with E-state index in [9.17, 15) is 0 Å². The van der Waals surface area contributed by atoms with E-state index in [1.807, 2.05) is 0 Å². The summed E-state index contributed by atoms with van der Waals surface area (Å²) < 4.78 is 0. The summed E-state index contributed by atoms with van der Waals surface area (Å²) >= 11 is 0. The summed E-state index contributed by atoms with van der Waals surface area (Å²) in [7, 11) is 0. The molecule has 0 spiro atoms. The molecule has 0 saturated heterocycles. The van der Waals surface area contributed by atoms with Gasteiger partial charge in [-0.2, -0.15) is 0 Å². The molecule has 0 heterocycles. The van der Waals surface area contributed by atoms with Crippen LogP contribution in [0.25, 0.3) is 0 Å². The largest absolute Gasteiger partial charge is 0.353 e. The molecule has 0 amide bonds. The monoisotopic (exact) mass is 222 g/mol. The minimum Gasteiger partial charge on any atom is -0.353 e. The fourth-order valence-corrected chi connectivity index (χ4v) is 3.99. The number of nitrogens with zero attached hydrogens (tertiary/aromatic N) is 1. The zero-order chi connectivity index (χ0) is 11.3. The number of hydrogen-bond acceptors (Lipinski definition) is 2. The Balaban J connectivity index is 1.65. The molecule has 4 heteroatoms. The molecule has 3 rings (SSSR count). The van der Waals surface area contributed by atoms with Gasteiger partial charge in [0.05, 0.1) is 6.04 Å². The Bertz CT molecular complexity index is 296. The van der Waals surface area contributed by atoms with E-state index in [4.69, 9.17) is 10.8 Å². The lowest BCUT2D eigenvalue weighted by Crippen LogP contribution is -2.44. The maximum Gasteiger partial charge on any atom is 0.206 e. The van der Waals surface area contributed by atoms with Gasteiger partial charge in [-0.3, -0.25) is 5.43 Å². The van der Waals surface area contributed by atoms with E-state index >= 15 is 0 Å². The van der Waals surface area contributed by atoms with E-state index in [2.05, 4.69) is 24.6 Å². The molecule has 3 aliphatic rings. The first-order valence-corrected chi connectivity index (χ1v) is 6.51. The molecule has 3 saturated carbocycles. The highest BCUT2D eigenvalue weighted by atomic mass is 15.3. The average molecular weight is 222 g/mol. The topological polar surface area (TPSA) is 62.4 Å². The second-order valence-electron chi connectivity index (χ2n) is 5.90. The van der Waals surface area contributed by atoms with Gasteiger partial charge in [0.1, 0.15) is 0 Å². The maximum atomic E-state index is 5.49. The zero-order valence-electron chi connectivity index (χ0n) is 10.1. The molecule has 4 unspecified atom stereocenters. The van der Waals surface area contributed by atoms with E-state index in [-0.39, 0.29) is 0 Å². The summed E-state index contributed by atoms with van der Waals surface area (Å²) in [4.78, 5) is 4.74. The quantitative estimate of drug-likeness (QED) is 0.281. The van der Waals surface area contributed by atoms with Crippen LogP contribution in [-0.4, -0.2) is 18.0 Å². The van der Waals surface area contributed by atoms with Crippen molar-refractivity contribution in [3.63, 3.8) is 0 Å². The zero-order valence-corrected chi connectivity index (χ0v) is 10.1. The lowest BCUT2D eigenvalue weighted by Gasteiger charge is -2.13. The minimum atomic E-state index is 0.380. The summed E-state index contributed by atoms with van der Waals surface area (Å²) in [5.74, 6) is 9.98. The van der Waals surface area contributed by atoms with Crippen LogP contribution in [-0.2, 0) is 0 Å². The lowest BCUT2D eigenvalue weighted by atomic mass is 10.0. The van der Waals surface area contributed by atoms with Gasteiger partial charge in [0.15, 0.2) is 0 Å². The predicted molar refractivity (Wildman–Crippen MR) is 64.6 cm³/mol. The maximum absolute atomic E-state index is 5.49. The van der Waals surface area contributed by atoms with Gasteiger partial charge in [-0.05, 0) is 56.8 Å². The van der Waals surface area contributed by atoms with Crippen LogP contribution in [0.2, 0.25) is 0 Å². The first kappa shape index (κ1) is 10.4. The van der Waals surface area contributed by atoms with Gasteiger partial charge in [0.25, 0.3) is 0 Å². The Morgan fingerprint density at radius 2 is 1.88 bits per heavy atom. The van der Waals surface area contributed by atoms with Crippen molar-refractivity contribution in [1.82, 2.24) is 10.7 Å². The van der Waals surface area contributed by atoms with Crippen molar-refractivity contribution in [2.45, 2.75) is 45.2 Å². The van der Waals surface area contributed by atoms with Crippen LogP contribution in [0.5, 0.6) is 0 Å². The molecule has 4 N–H and O–H groups in total. The molecule has 0 radical (unpaired) electrons. The molecule has 0 aromatic heterocycles. The highest BCUT2D eigenvalue weighted by molar-refractivity contribution is 5.79. The van der Waals surface area contributed by atoms with Crippen LogP contribution in [0.15, 0.2) is 4.99 Å². The molecule has 3 aliphatic carbocycles. The van der Waals surface area contributed by atoms with Crippen molar-refractivity contribution in [3.05, 3.63) is 0 Å². The standard InChI is InChI=1S/C12H22N4/c1-6(2)14-12(16-13)15-11-9-7-3-4-8(5-7)10(9)11/h6-11H,3-5,13H2,1-2H3,(H2,14,15,16). The molecular weight excluding hydrogens is 200 g/mol. The first-order valence-electron chi connectivity index (χ1n) is 6.51. The number of rotatable bonds is 2. The van der Waals surface area contributed by atoms with Gasteiger partial charge >= 0.3 is 0 Å². The van der Waals surface area contributed by atoms with Gasteiger partial charge in [-0.25, -0.2) is 10.8 Å². The normalized spacial score (nSPS) is 44.8. The van der Waals surface area contributed by atoms with E-state index in [0.717, 1.165) is 29.6 Å². The SMILES string of the molecule is CC(C)NC(=NC1C2C3CCC(C3)C12)NN. The van der Waals surface area contributed by atoms with Crippen LogP contribution in [0.1, 0.15) is 33.1 Å². The first-order chi connectivity index (χ1) is 7.70. The van der Waals surface area contributed by atoms with Crippen LogP contribution >= 0.6 is 0 Å². The van der Waals surface area contributed by atoms with Crippen LogP contribution in [0, 0.1) is 23.7 Å². The average Bonchev–Trinajstić information content (AvgIpc) is 2.67. The smallest absolute Gasteiger partial charge is 0.206 e. The fourth-order valence-electron chi connectivity index (χ4n) is 3.99. The third kappa shape index (κ3) is 1.51. The van der Waals surface area contributed by atoms with E-state index in [1.54, 1.807) is 0 Å². The third-order valence-electron chi connectivity index (χ3n) is 4.53. The van der Waals surface area contributed by atoms with Crippen molar-refractivity contribution in [2.24, 2.45) is 34.5 Å². The van der Waals surface area contributed by atoms with Crippen LogP contribution < -0.4 is 16.6 Å². The van der Waals surface area contributed by atoms with Crippen molar-refractivity contribution in [2.75, 3.05) is 0 Å². The summed E-state index contributed by atoms with van der Waals surface area (Å²) in [5.41, 5.74) is 2.68. The highest BCUT2D eigenvalue weighted by Crippen LogP contribution is 2.66. The molecule has 90 valence electrons. The summed E-state index contributed by atoms with van der Waals surface area (Å²) in [6.07, 6.45) is 4.37. The third-order valence-corrected chi connectivity index (χ3v) is 4.53. The predicted octanol–water partition coefficient (Wildman–Crippen LogP) is 0.848. The number of guanidine groups is 1. The van der Waals surface area contributed by atoms with E-state index in [1.165, 1.54) is 19.3 Å². The Morgan fingerprint density at radius 1 is 1.25 bits per heavy atom. The number of nitrogens with one attached hydrogen (secondary N) is 2. The van der Waals surface area contributed by atoms with Gasteiger partial charge in [-0.1, -0.05) is 0 Å². The Morgan fingerprint density at radius 3 is 2.38 bits per heavy atom. The molecular formula is C12H22N4. The summed E-state index contributed by atoms with van der Waals surface area (Å²) in [6.45, 7) is 4.20. The minimum absolute atomic E-state index is 0.380. The number of aliphatic imine (C=N–C) groups is 1. The van der Waals surface area contributed by atoms with Gasteiger partial charge in [0.2, 0.25) is 5.96 Å². The van der Waals surface area contributed by atoms with Gasteiger partial charge < -0.3 is 5.32 Å².